The topological polar surface area (TPSA) is 37.3 Å². The van der Waals surface area contributed by atoms with Crippen molar-refractivity contribution in [3.63, 3.8) is 0 Å². The first-order valence-electron chi connectivity index (χ1n) is 3.76. The molecule has 1 N–H and O–H groups in total. The van der Waals surface area contributed by atoms with Gasteiger partial charge in [-0.2, -0.15) is 0 Å². The van der Waals surface area contributed by atoms with Gasteiger partial charge >= 0.3 is 0 Å². The van der Waals surface area contributed by atoms with Gasteiger partial charge in [-0.3, -0.25) is 4.79 Å². The first kappa shape index (κ1) is 9.63. The highest BCUT2D eigenvalue weighted by Gasteiger charge is 2.20. The Morgan fingerprint density at radius 3 is 2.30 bits per heavy atom. The molecule has 0 saturated heterocycles. The molecule has 0 heterocycles. The Labute approximate surface area is 62.2 Å². The maximum Gasteiger partial charge on any atom is 0.135 e. The second-order valence-electron chi connectivity index (χ2n) is 2.92. The zero-order valence-electron chi connectivity index (χ0n) is 6.98. The van der Waals surface area contributed by atoms with Crippen molar-refractivity contribution in [2.75, 3.05) is 0 Å². The van der Waals surface area contributed by atoms with Crippen LogP contribution in [0, 0.1) is 0 Å². The number of ketones is 1. The summed E-state index contributed by atoms with van der Waals surface area (Å²) >= 11 is 0. The fourth-order valence-corrected chi connectivity index (χ4v) is 0.675. The lowest BCUT2D eigenvalue weighted by Gasteiger charge is -2.19. The van der Waals surface area contributed by atoms with E-state index in [1.54, 1.807) is 6.92 Å². The highest BCUT2D eigenvalue weighted by molar-refractivity contribution is 5.78. The molecule has 0 bridgehead atoms. The average Bonchev–Trinajstić information content (AvgIpc) is 1.87. The normalized spacial score (nSPS) is 16.4. The molecule has 0 rings (SSSR count). The van der Waals surface area contributed by atoms with E-state index < -0.39 is 5.60 Å². The van der Waals surface area contributed by atoms with Crippen LogP contribution in [0.4, 0.5) is 0 Å². The Kier molecular flexibility index (Phi) is 3.58. The van der Waals surface area contributed by atoms with Crippen LogP contribution in [0.15, 0.2) is 0 Å². The van der Waals surface area contributed by atoms with E-state index in [1.165, 1.54) is 0 Å². The highest BCUT2D eigenvalue weighted by Crippen LogP contribution is 2.14. The Morgan fingerprint density at radius 1 is 1.50 bits per heavy atom. The third kappa shape index (κ3) is 3.62. The van der Waals surface area contributed by atoms with E-state index in [1.807, 2.05) is 13.8 Å². The molecule has 0 aliphatic carbocycles. The lowest BCUT2D eigenvalue weighted by atomic mass is 9.96. The molecule has 0 aromatic rings. The molecule has 60 valence electrons. The molecule has 0 unspecified atom stereocenters. The van der Waals surface area contributed by atoms with Crippen LogP contribution in [0.5, 0.6) is 0 Å². The van der Waals surface area contributed by atoms with Crippen LogP contribution >= 0.6 is 0 Å². The quantitative estimate of drug-likeness (QED) is 0.649. The van der Waals surface area contributed by atoms with Gasteiger partial charge in [0.1, 0.15) is 5.78 Å². The van der Waals surface area contributed by atoms with Crippen molar-refractivity contribution in [2.24, 2.45) is 0 Å². The molecule has 0 amide bonds. The fourth-order valence-electron chi connectivity index (χ4n) is 0.675. The van der Waals surface area contributed by atoms with Crippen LogP contribution in [0.3, 0.4) is 0 Å². The van der Waals surface area contributed by atoms with E-state index in [0.717, 1.165) is 0 Å². The Hall–Kier alpha value is -0.370. The predicted molar refractivity (Wildman–Crippen MR) is 40.8 cm³/mol. The summed E-state index contributed by atoms with van der Waals surface area (Å²) in [6, 6.07) is 0. The van der Waals surface area contributed by atoms with Gasteiger partial charge in [0, 0.05) is 12.8 Å². The molecule has 0 saturated carbocycles. The summed E-state index contributed by atoms with van der Waals surface area (Å²) in [6.45, 7) is 5.39. The number of hydrogen-bond donors (Lipinski definition) is 1. The van der Waals surface area contributed by atoms with Crippen molar-refractivity contribution in [2.45, 2.75) is 45.6 Å². The number of hydrogen-bond acceptors (Lipinski definition) is 2. The summed E-state index contributed by atoms with van der Waals surface area (Å²) in [7, 11) is 0. The summed E-state index contributed by atoms with van der Waals surface area (Å²) in [6.07, 6.45) is 1.45. The second-order valence-corrected chi connectivity index (χ2v) is 2.92. The van der Waals surface area contributed by atoms with Crippen molar-refractivity contribution in [3.8, 4) is 0 Å². The van der Waals surface area contributed by atoms with E-state index in [-0.39, 0.29) is 5.78 Å². The standard InChI is InChI=1S/C8H16O2/c1-4-7(9)6-8(3,10)5-2/h10H,4-6H2,1-3H3/t8-/m0/s1. The van der Waals surface area contributed by atoms with Crippen molar-refractivity contribution in [1.82, 2.24) is 0 Å². The van der Waals surface area contributed by atoms with E-state index in [4.69, 9.17) is 0 Å². The molecule has 0 spiro atoms. The lowest BCUT2D eigenvalue weighted by Crippen LogP contribution is -2.26. The summed E-state index contributed by atoms with van der Waals surface area (Å²) in [5.74, 6) is 0.131. The lowest BCUT2D eigenvalue weighted by molar-refractivity contribution is -0.123. The number of carbonyl (C=O) groups is 1. The molecule has 2 heteroatoms. The minimum atomic E-state index is -0.785. The highest BCUT2D eigenvalue weighted by atomic mass is 16.3. The van der Waals surface area contributed by atoms with Gasteiger partial charge in [0.05, 0.1) is 5.60 Å². The zero-order valence-corrected chi connectivity index (χ0v) is 6.98. The smallest absolute Gasteiger partial charge is 0.135 e. The van der Waals surface area contributed by atoms with E-state index in [9.17, 15) is 9.90 Å². The minimum absolute atomic E-state index is 0.131. The van der Waals surface area contributed by atoms with Crippen molar-refractivity contribution in [3.05, 3.63) is 0 Å². The summed E-state index contributed by atoms with van der Waals surface area (Å²) in [5.41, 5.74) is -0.785. The van der Waals surface area contributed by atoms with Gasteiger partial charge in [0.15, 0.2) is 0 Å². The Morgan fingerprint density at radius 2 is 2.00 bits per heavy atom. The molecule has 0 fully saturated rings. The van der Waals surface area contributed by atoms with Gasteiger partial charge in [-0.25, -0.2) is 0 Å². The molecule has 10 heavy (non-hydrogen) atoms. The maximum absolute atomic E-state index is 10.8. The number of aliphatic hydroxyl groups is 1. The van der Waals surface area contributed by atoms with Gasteiger partial charge in [0.2, 0.25) is 0 Å². The third-order valence-electron chi connectivity index (χ3n) is 1.73. The molecule has 0 radical (unpaired) electrons. The summed E-state index contributed by atoms with van der Waals surface area (Å²) < 4.78 is 0. The van der Waals surface area contributed by atoms with Crippen molar-refractivity contribution < 1.29 is 9.90 Å². The van der Waals surface area contributed by atoms with Gasteiger partial charge in [-0.15, -0.1) is 0 Å². The molecule has 0 aliphatic heterocycles. The molecule has 1 atom stereocenters. The molecule has 0 aliphatic rings. The molecule has 0 aromatic carbocycles. The molecular formula is C8H16O2. The average molecular weight is 144 g/mol. The van der Waals surface area contributed by atoms with Gasteiger partial charge < -0.3 is 5.11 Å². The maximum atomic E-state index is 10.8. The molecule has 2 nitrogen and oxygen atoms in total. The van der Waals surface area contributed by atoms with Crippen LogP contribution in [0.1, 0.15) is 40.0 Å². The number of Topliss-reactive ketones (excluding diaryl/α,β-unsaturated/α-hetero) is 1. The largest absolute Gasteiger partial charge is 0.390 e. The summed E-state index contributed by atoms with van der Waals surface area (Å²) in [4.78, 5) is 10.8. The van der Waals surface area contributed by atoms with Crippen molar-refractivity contribution >= 4 is 5.78 Å². The van der Waals surface area contributed by atoms with Crippen LogP contribution in [-0.2, 0) is 4.79 Å². The van der Waals surface area contributed by atoms with E-state index in [2.05, 4.69) is 0 Å². The van der Waals surface area contributed by atoms with Crippen LogP contribution in [-0.4, -0.2) is 16.5 Å². The zero-order chi connectivity index (χ0) is 8.20. The van der Waals surface area contributed by atoms with E-state index >= 15 is 0 Å². The number of rotatable bonds is 4. The Balaban J connectivity index is 3.76. The molecular weight excluding hydrogens is 128 g/mol. The fraction of sp³-hybridized carbons (Fsp3) is 0.875. The van der Waals surface area contributed by atoms with Gasteiger partial charge in [-0.05, 0) is 13.3 Å². The van der Waals surface area contributed by atoms with Crippen molar-refractivity contribution in [1.29, 1.82) is 0 Å². The predicted octanol–water partition coefficient (Wildman–Crippen LogP) is 1.52. The van der Waals surface area contributed by atoms with Gasteiger partial charge in [-0.1, -0.05) is 13.8 Å². The minimum Gasteiger partial charge on any atom is -0.390 e. The SMILES string of the molecule is CCC(=O)C[C@@](C)(O)CC. The van der Waals surface area contributed by atoms with E-state index in [0.29, 0.717) is 19.3 Å². The first-order chi connectivity index (χ1) is 4.52. The first-order valence-corrected chi connectivity index (χ1v) is 3.76. The third-order valence-corrected chi connectivity index (χ3v) is 1.73. The second kappa shape index (κ2) is 3.71. The van der Waals surface area contributed by atoms with Crippen LogP contribution in [0.2, 0.25) is 0 Å². The summed E-state index contributed by atoms with van der Waals surface area (Å²) in [5, 5.41) is 9.40. The number of carbonyl (C=O) groups excluding carboxylic acids is 1. The van der Waals surface area contributed by atoms with Crippen LogP contribution in [0.25, 0.3) is 0 Å². The van der Waals surface area contributed by atoms with Crippen LogP contribution < -0.4 is 0 Å². The Bertz CT molecular complexity index is 116. The molecule has 0 aromatic heterocycles. The van der Waals surface area contributed by atoms with Gasteiger partial charge in [0.25, 0.3) is 0 Å². The monoisotopic (exact) mass is 144 g/mol.